The number of fused-ring (bicyclic) bond motifs is 1. The van der Waals surface area contributed by atoms with E-state index in [1.807, 2.05) is 18.2 Å². The molecule has 2 N–H and O–H groups in total. The summed E-state index contributed by atoms with van der Waals surface area (Å²) in [6.07, 6.45) is 7.69. The van der Waals surface area contributed by atoms with Crippen LogP contribution in [0.15, 0.2) is 59.8 Å². The van der Waals surface area contributed by atoms with Crippen LogP contribution in [0.1, 0.15) is 12.0 Å². The number of carbonyl (C=O) groups excluding carboxylic acids is 1. The van der Waals surface area contributed by atoms with E-state index in [9.17, 15) is 13.2 Å². The van der Waals surface area contributed by atoms with Crippen LogP contribution >= 0.6 is 0 Å². The SMILES string of the molecule is CNS(=O)(=O)c1cccc(N2CC3C(CCNC(=O)/C=C/c4cccnc4)C3C2)c1. The van der Waals surface area contributed by atoms with Crippen LogP contribution in [0, 0.1) is 17.8 Å². The Bertz CT molecular complexity index is 1030. The van der Waals surface area contributed by atoms with Crippen molar-refractivity contribution >= 4 is 27.7 Å². The molecule has 4 rings (SSSR count). The lowest BCUT2D eigenvalue weighted by Gasteiger charge is -2.22. The number of anilines is 1. The average molecular weight is 427 g/mol. The van der Waals surface area contributed by atoms with Gasteiger partial charge in [-0.05, 0) is 67.1 Å². The van der Waals surface area contributed by atoms with E-state index in [4.69, 9.17) is 0 Å². The number of nitrogens with zero attached hydrogens (tertiary/aromatic N) is 2. The zero-order valence-corrected chi connectivity index (χ0v) is 17.7. The van der Waals surface area contributed by atoms with Crippen molar-refractivity contribution in [1.82, 2.24) is 15.0 Å². The van der Waals surface area contributed by atoms with Crippen LogP contribution in [0.25, 0.3) is 6.08 Å². The Labute approximate surface area is 177 Å². The molecule has 158 valence electrons. The van der Waals surface area contributed by atoms with Gasteiger partial charge in [-0.3, -0.25) is 9.78 Å². The number of nitrogens with one attached hydrogen (secondary N) is 2. The van der Waals surface area contributed by atoms with Gasteiger partial charge in [0.05, 0.1) is 4.90 Å². The zero-order chi connectivity index (χ0) is 21.1. The second-order valence-corrected chi connectivity index (χ2v) is 9.69. The summed E-state index contributed by atoms with van der Waals surface area (Å²) in [6.45, 7) is 2.55. The first-order valence-electron chi connectivity index (χ1n) is 10.1. The topological polar surface area (TPSA) is 91.4 Å². The highest BCUT2D eigenvalue weighted by atomic mass is 32.2. The van der Waals surface area contributed by atoms with Crippen molar-refractivity contribution in [1.29, 1.82) is 0 Å². The molecule has 1 aliphatic carbocycles. The summed E-state index contributed by atoms with van der Waals surface area (Å²) >= 11 is 0. The summed E-state index contributed by atoms with van der Waals surface area (Å²) in [7, 11) is -2.01. The number of sulfonamides is 1. The van der Waals surface area contributed by atoms with E-state index in [1.165, 1.54) is 7.05 Å². The second-order valence-electron chi connectivity index (χ2n) is 7.80. The molecule has 2 aliphatic rings. The smallest absolute Gasteiger partial charge is 0.244 e. The van der Waals surface area contributed by atoms with Crippen LogP contribution in [0.3, 0.4) is 0 Å². The van der Waals surface area contributed by atoms with Crippen molar-refractivity contribution in [3.05, 3.63) is 60.4 Å². The Balaban J connectivity index is 1.22. The van der Waals surface area contributed by atoms with Crippen molar-refractivity contribution in [3.8, 4) is 0 Å². The third kappa shape index (κ3) is 4.55. The molecule has 1 saturated heterocycles. The Morgan fingerprint density at radius 3 is 2.73 bits per heavy atom. The quantitative estimate of drug-likeness (QED) is 0.629. The van der Waals surface area contributed by atoms with E-state index in [-0.39, 0.29) is 5.91 Å². The minimum Gasteiger partial charge on any atom is -0.371 e. The molecule has 2 heterocycles. The van der Waals surface area contributed by atoms with Gasteiger partial charge in [-0.25, -0.2) is 13.1 Å². The highest BCUT2D eigenvalue weighted by Crippen LogP contribution is 2.54. The zero-order valence-electron chi connectivity index (χ0n) is 16.9. The van der Waals surface area contributed by atoms with Crippen LogP contribution in [-0.2, 0) is 14.8 Å². The van der Waals surface area contributed by atoms with Crippen LogP contribution in [-0.4, -0.2) is 46.0 Å². The van der Waals surface area contributed by atoms with Crippen LogP contribution in [0.5, 0.6) is 0 Å². The molecule has 2 unspecified atom stereocenters. The predicted molar refractivity (Wildman–Crippen MR) is 116 cm³/mol. The standard InChI is InChI=1S/C22H26N4O3S/c1-23-30(28,29)18-6-2-5-17(12-18)26-14-20-19(21(20)15-26)9-11-25-22(27)8-7-16-4-3-10-24-13-16/h2-8,10,12-13,19-21,23H,9,11,14-15H2,1H3,(H,25,27)/b8-7+. The van der Waals surface area contributed by atoms with E-state index in [0.29, 0.717) is 29.2 Å². The molecular weight excluding hydrogens is 400 g/mol. The highest BCUT2D eigenvalue weighted by Gasteiger charge is 2.54. The molecule has 8 heteroatoms. The first-order valence-corrected chi connectivity index (χ1v) is 11.6. The van der Waals surface area contributed by atoms with E-state index in [0.717, 1.165) is 30.8 Å². The van der Waals surface area contributed by atoms with Crippen LogP contribution < -0.4 is 14.9 Å². The highest BCUT2D eigenvalue weighted by molar-refractivity contribution is 7.89. The molecule has 1 saturated carbocycles. The number of piperidine rings is 1. The number of benzene rings is 1. The number of hydrogen-bond donors (Lipinski definition) is 2. The maximum atomic E-state index is 12.0. The van der Waals surface area contributed by atoms with Gasteiger partial charge < -0.3 is 10.2 Å². The first kappa shape index (κ1) is 20.6. The van der Waals surface area contributed by atoms with Gasteiger partial charge in [-0.15, -0.1) is 0 Å². The summed E-state index contributed by atoms with van der Waals surface area (Å²) in [4.78, 5) is 18.5. The summed E-state index contributed by atoms with van der Waals surface area (Å²) in [5.41, 5.74) is 1.85. The summed E-state index contributed by atoms with van der Waals surface area (Å²) in [6, 6.07) is 10.8. The maximum absolute atomic E-state index is 12.0. The molecule has 1 amide bonds. The van der Waals surface area contributed by atoms with Crippen molar-refractivity contribution in [2.45, 2.75) is 11.3 Å². The maximum Gasteiger partial charge on any atom is 0.244 e. The number of hydrogen-bond acceptors (Lipinski definition) is 5. The lowest BCUT2D eigenvalue weighted by molar-refractivity contribution is -0.116. The molecule has 30 heavy (non-hydrogen) atoms. The molecular formula is C22H26N4O3S. The Hall–Kier alpha value is -2.71. The molecule has 1 aromatic heterocycles. The third-order valence-electron chi connectivity index (χ3n) is 6.02. The van der Waals surface area contributed by atoms with Gasteiger partial charge in [0, 0.05) is 43.8 Å². The number of pyridine rings is 1. The molecule has 7 nitrogen and oxygen atoms in total. The fraction of sp³-hybridized carbons (Fsp3) is 0.364. The van der Waals surface area contributed by atoms with E-state index < -0.39 is 10.0 Å². The van der Waals surface area contributed by atoms with Gasteiger partial charge in [0.15, 0.2) is 0 Å². The number of amides is 1. The number of carbonyl (C=O) groups is 1. The first-order chi connectivity index (χ1) is 14.5. The lowest BCUT2D eigenvalue weighted by Crippen LogP contribution is -2.27. The Morgan fingerprint density at radius 1 is 1.23 bits per heavy atom. The lowest BCUT2D eigenvalue weighted by atomic mass is 10.2. The Morgan fingerprint density at radius 2 is 2.03 bits per heavy atom. The van der Waals surface area contributed by atoms with Crippen LogP contribution in [0.4, 0.5) is 5.69 Å². The summed E-state index contributed by atoms with van der Waals surface area (Å²) in [5, 5.41) is 2.95. The predicted octanol–water partition coefficient (Wildman–Crippen LogP) is 1.89. The normalized spacial score (nSPS) is 22.8. The van der Waals surface area contributed by atoms with Crippen molar-refractivity contribution in [2.24, 2.45) is 17.8 Å². The molecule has 0 spiro atoms. The van der Waals surface area contributed by atoms with Crippen molar-refractivity contribution in [2.75, 3.05) is 31.6 Å². The number of rotatable bonds is 8. The van der Waals surface area contributed by atoms with E-state index in [1.54, 1.807) is 42.7 Å². The third-order valence-corrected chi connectivity index (χ3v) is 7.43. The van der Waals surface area contributed by atoms with Crippen molar-refractivity contribution in [3.63, 3.8) is 0 Å². The molecule has 2 fully saturated rings. The molecule has 2 atom stereocenters. The summed E-state index contributed by atoms with van der Waals surface area (Å²) < 4.78 is 26.4. The van der Waals surface area contributed by atoms with Crippen molar-refractivity contribution < 1.29 is 13.2 Å². The Kier molecular flexibility index (Phi) is 5.87. The fourth-order valence-electron chi connectivity index (χ4n) is 4.32. The van der Waals surface area contributed by atoms with Gasteiger partial charge in [0.2, 0.25) is 15.9 Å². The molecule has 2 aromatic rings. The van der Waals surface area contributed by atoms with Gasteiger partial charge in [-0.1, -0.05) is 12.1 Å². The molecule has 1 aliphatic heterocycles. The summed E-state index contributed by atoms with van der Waals surface area (Å²) in [5.74, 6) is 1.79. The van der Waals surface area contributed by atoms with Gasteiger partial charge in [0.1, 0.15) is 0 Å². The van der Waals surface area contributed by atoms with E-state index >= 15 is 0 Å². The number of aromatic nitrogens is 1. The molecule has 0 radical (unpaired) electrons. The minimum absolute atomic E-state index is 0.0890. The van der Waals surface area contributed by atoms with Gasteiger partial charge in [0.25, 0.3) is 0 Å². The van der Waals surface area contributed by atoms with Crippen LogP contribution in [0.2, 0.25) is 0 Å². The average Bonchev–Trinajstić information content (AvgIpc) is 3.21. The second kappa shape index (κ2) is 8.57. The monoisotopic (exact) mass is 426 g/mol. The fourth-order valence-corrected chi connectivity index (χ4v) is 5.09. The largest absolute Gasteiger partial charge is 0.371 e. The van der Waals surface area contributed by atoms with Gasteiger partial charge >= 0.3 is 0 Å². The minimum atomic E-state index is -3.43. The van der Waals surface area contributed by atoms with E-state index in [2.05, 4.69) is 19.9 Å². The molecule has 1 aromatic carbocycles. The van der Waals surface area contributed by atoms with Gasteiger partial charge in [-0.2, -0.15) is 0 Å². The molecule has 0 bridgehead atoms.